The molecule has 1 aliphatic heterocycles. The van der Waals surface area contributed by atoms with Crippen LogP contribution in [0.2, 0.25) is 0 Å². The number of hydrogen-bond acceptors (Lipinski definition) is 6. The average molecular weight is 383 g/mol. The number of Topliss-reactive ketones (excluding diaryl/α,β-unsaturated/α-hetero) is 1. The van der Waals surface area contributed by atoms with Crippen molar-refractivity contribution in [1.82, 2.24) is 16.0 Å². The quantitative estimate of drug-likeness (QED) is 0.495. The fraction of sp³-hybridized carbons (Fsp3) is 0.500. The van der Waals surface area contributed by atoms with Crippen LogP contribution in [0.5, 0.6) is 0 Å². The van der Waals surface area contributed by atoms with Gasteiger partial charge in [0.15, 0.2) is 0 Å². The smallest absolute Gasteiger partial charge is 0.289 e. The van der Waals surface area contributed by atoms with Gasteiger partial charge in [0.1, 0.15) is 12.6 Å². The van der Waals surface area contributed by atoms with Gasteiger partial charge in [-0.25, -0.2) is 0 Å². The molecule has 0 aromatic carbocycles. The number of nitrogens with one attached hydrogen (secondary N) is 3. The number of amides is 2. The van der Waals surface area contributed by atoms with E-state index in [0.717, 1.165) is 5.56 Å². The lowest BCUT2D eigenvalue weighted by Gasteiger charge is -2.27. The van der Waals surface area contributed by atoms with Gasteiger partial charge >= 0.3 is 0 Å². The summed E-state index contributed by atoms with van der Waals surface area (Å²) in [7, 11) is 0. The van der Waals surface area contributed by atoms with Gasteiger partial charge in [0.2, 0.25) is 11.7 Å². The van der Waals surface area contributed by atoms with E-state index in [9.17, 15) is 14.4 Å². The third-order valence-electron chi connectivity index (χ3n) is 3.75. The zero-order valence-corrected chi connectivity index (χ0v) is 15.7. The summed E-state index contributed by atoms with van der Waals surface area (Å²) in [5.41, 5.74) is 0.999. The van der Waals surface area contributed by atoms with E-state index in [-0.39, 0.29) is 17.0 Å². The van der Waals surface area contributed by atoms with Crippen LogP contribution >= 0.6 is 23.6 Å². The molecule has 1 saturated heterocycles. The largest absolute Gasteiger partial charge is 0.466 e. The third kappa shape index (κ3) is 5.50. The average Bonchev–Trinajstić information content (AvgIpc) is 3.08. The topological polar surface area (TPSA) is 96.5 Å². The van der Waals surface area contributed by atoms with Crippen molar-refractivity contribution in [3.8, 4) is 0 Å². The van der Waals surface area contributed by atoms with E-state index in [1.807, 2.05) is 30.7 Å². The molecule has 0 radical (unpaired) electrons. The molecular formula is C16H21N3O4S2. The van der Waals surface area contributed by atoms with Gasteiger partial charge in [-0.05, 0) is 41.4 Å². The summed E-state index contributed by atoms with van der Waals surface area (Å²) in [6.45, 7) is 4.39. The summed E-state index contributed by atoms with van der Waals surface area (Å²) in [6.07, 6.45) is 0.375. The molecule has 1 fully saturated rings. The van der Waals surface area contributed by atoms with Gasteiger partial charge in [0.05, 0.1) is 6.04 Å². The molecule has 1 aromatic heterocycles. The minimum absolute atomic E-state index is 0.0878. The number of rotatable bonds is 6. The minimum atomic E-state index is -0.801. The Morgan fingerprint density at radius 1 is 1.48 bits per heavy atom. The summed E-state index contributed by atoms with van der Waals surface area (Å²) in [4.78, 5) is 35.7. The molecular weight excluding hydrogens is 362 g/mol. The molecule has 2 rings (SSSR count). The SMILES string of the molecule is CC(C)C(NC(=S)OCc1ccsc1)C(=O)NC1CCNC(=O)C1=O. The van der Waals surface area contributed by atoms with Crippen LogP contribution in [0.1, 0.15) is 25.8 Å². The number of hydrogen-bond donors (Lipinski definition) is 3. The van der Waals surface area contributed by atoms with Crippen LogP contribution in [0, 0.1) is 5.92 Å². The minimum Gasteiger partial charge on any atom is -0.466 e. The Morgan fingerprint density at radius 3 is 2.88 bits per heavy atom. The predicted octanol–water partition coefficient (Wildman–Crippen LogP) is 0.738. The number of piperidine rings is 1. The second kappa shape index (κ2) is 8.91. The molecule has 2 unspecified atom stereocenters. The van der Waals surface area contributed by atoms with Crippen LogP contribution in [-0.2, 0) is 25.7 Å². The standard InChI is InChI=1S/C16H21N3O4S2/c1-9(2)12(19-16(24)23-7-10-4-6-25-8-10)14(21)18-11-3-5-17-15(22)13(11)20/h4,6,8-9,11-12H,3,5,7H2,1-2H3,(H,17,22)(H,18,21)(H,19,24). The number of ether oxygens (including phenoxy) is 1. The summed E-state index contributed by atoms with van der Waals surface area (Å²) >= 11 is 6.71. The van der Waals surface area contributed by atoms with Crippen molar-refractivity contribution < 1.29 is 19.1 Å². The van der Waals surface area contributed by atoms with Gasteiger partial charge in [0, 0.05) is 12.1 Å². The van der Waals surface area contributed by atoms with Gasteiger partial charge in [-0.2, -0.15) is 11.3 Å². The number of thiocarbonyl (C=S) groups is 1. The molecule has 136 valence electrons. The monoisotopic (exact) mass is 383 g/mol. The molecule has 0 aliphatic carbocycles. The lowest BCUT2D eigenvalue weighted by Crippen LogP contribution is -2.58. The second-order valence-electron chi connectivity index (χ2n) is 6.04. The van der Waals surface area contributed by atoms with Crippen molar-refractivity contribution in [3.05, 3.63) is 22.4 Å². The molecule has 2 atom stereocenters. The first-order chi connectivity index (χ1) is 11.9. The highest BCUT2D eigenvalue weighted by atomic mass is 32.1. The zero-order valence-electron chi connectivity index (χ0n) is 14.0. The molecule has 25 heavy (non-hydrogen) atoms. The predicted molar refractivity (Wildman–Crippen MR) is 98.0 cm³/mol. The summed E-state index contributed by atoms with van der Waals surface area (Å²) in [5, 5.41) is 12.0. The maximum absolute atomic E-state index is 12.5. The van der Waals surface area contributed by atoms with Crippen LogP contribution in [0.15, 0.2) is 16.8 Å². The third-order valence-corrected chi connectivity index (χ3v) is 4.72. The van der Waals surface area contributed by atoms with E-state index in [1.54, 1.807) is 11.3 Å². The van der Waals surface area contributed by atoms with E-state index >= 15 is 0 Å². The van der Waals surface area contributed by atoms with E-state index in [1.165, 1.54) is 0 Å². The fourth-order valence-electron chi connectivity index (χ4n) is 2.33. The van der Waals surface area contributed by atoms with Crippen molar-refractivity contribution in [2.75, 3.05) is 6.54 Å². The molecule has 0 spiro atoms. The Hall–Kier alpha value is -2.00. The van der Waals surface area contributed by atoms with Gasteiger partial charge in [-0.3, -0.25) is 14.4 Å². The molecule has 3 N–H and O–H groups in total. The second-order valence-corrected chi connectivity index (χ2v) is 7.19. The van der Waals surface area contributed by atoms with Crippen LogP contribution in [0.4, 0.5) is 0 Å². The summed E-state index contributed by atoms with van der Waals surface area (Å²) < 4.78 is 5.46. The van der Waals surface area contributed by atoms with Crippen LogP contribution in [-0.4, -0.2) is 41.4 Å². The van der Waals surface area contributed by atoms with Crippen LogP contribution in [0.25, 0.3) is 0 Å². The van der Waals surface area contributed by atoms with Crippen molar-refractivity contribution in [3.63, 3.8) is 0 Å². The van der Waals surface area contributed by atoms with Crippen molar-refractivity contribution >= 4 is 46.3 Å². The molecule has 2 heterocycles. The van der Waals surface area contributed by atoms with Gasteiger partial charge in [0.25, 0.3) is 11.1 Å². The first-order valence-electron chi connectivity index (χ1n) is 7.95. The Bertz CT molecular complexity index is 646. The first-order valence-corrected chi connectivity index (χ1v) is 9.30. The van der Waals surface area contributed by atoms with E-state index in [0.29, 0.717) is 19.6 Å². The maximum Gasteiger partial charge on any atom is 0.289 e. The summed E-state index contributed by atoms with van der Waals surface area (Å²) in [5.74, 6) is -1.77. The van der Waals surface area contributed by atoms with E-state index < -0.39 is 23.8 Å². The van der Waals surface area contributed by atoms with E-state index in [4.69, 9.17) is 17.0 Å². The molecule has 9 heteroatoms. The number of carbonyl (C=O) groups is 3. The Morgan fingerprint density at radius 2 is 2.24 bits per heavy atom. The molecule has 0 saturated carbocycles. The van der Waals surface area contributed by atoms with Crippen LogP contribution < -0.4 is 16.0 Å². The Kier molecular flexibility index (Phi) is 6.89. The van der Waals surface area contributed by atoms with Crippen molar-refractivity contribution in [1.29, 1.82) is 0 Å². The Balaban J connectivity index is 1.90. The highest BCUT2D eigenvalue weighted by Crippen LogP contribution is 2.09. The fourth-order valence-corrected chi connectivity index (χ4v) is 3.17. The first kappa shape index (κ1) is 19.3. The molecule has 1 aliphatic rings. The van der Waals surface area contributed by atoms with Crippen molar-refractivity contribution in [2.24, 2.45) is 5.92 Å². The van der Waals surface area contributed by atoms with Gasteiger partial charge < -0.3 is 20.7 Å². The van der Waals surface area contributed by atoms with E-state index in [2.05, 4.69) is 16.0 Å². The van der Waals surface area contributed by atoms with Crippen LogP contribution in [0.3, 0.4) is 0 Å². The highest BCUT2D eigenvalue weighted by Gasteiger charge is 2.33. The zero-order chi connectivity index (χ0) is 18.4. The van der Waals surface area contributed by atoms with Crippen molar-refractivity contribution in [2.45, 2.75) is 39.0 Å². The summed E-state index contributed by atoms with van der Waals surface area (Å²) in [6, 6.07) is 0.469. The maximum atomic E-state index is 12.5. The lowest BCUT2D eigenvalue weighted by atomic mass is 10.0. The van der Waals surface area contributed by atoms with Gasteiger partial charge in [-0.1, -0.05) is 13.8 Å². The molecule has 0 bridgehead atoms. The number of ketones is 1. The lowest BCUT2D eigenvalue weighted by molar-refractivity contribution is -0.142. The highest BCUT2D eigenvalue weighted by molar-refractivity contribution is 7.80. The van der Waals surface area contributed by atoms with Gasteiger partial charge in [-0.15, -0.1) is 0 Å². The molecule has 2 amide bonds. The Labute approximate surface area is 155 Å². The number of thiophene rings is 1. The number of carbonyl (C=O) groups excluding carboxylic acids is 3. The molecule has 1 aromatic rings. The molecule has 7 nitrogen and oxygen atoms in total. The normalized spacial score (nSPS) is 18.4.